The Kier molecular flexibility index (Phi) is 7.10. The summed E-state index contributed by atoms with van der Waals surface area (Å²) in [5.74, 6) is 0.0711. The highest BCUT2D eigenvalue weighted by Crippen LogP contribution is 2.30. The Morgan fingerprint density at radius 1 is 1.21 bits per heavy atom. The van der Waals surface area contributed by atoms with E-state index in [9.17, 15) is 14.7 Å². The van der Waals surface area contributed by atoms with Crippen LogP contribution in [0.25, 0.3) is 11.4 Å². The standard InChI is InChI=1S/C23H31N5O5/c1-14-20(33-17-8-4-7-16(11-17)22(29)30)10-9-18(25-14)21-19(28(2)27-26-21)13-32-23(31)24-12-15-5-3-6-15/h9-10,15-17H,3-8,11-13H2,1-2H3,(H,24,31)(H,29,30)/t16-,17-/m0/s1. The van der Waals surface area contributed by atoms with E-state index >= 15 is 0 Å². The number of hydrogen-bond donors (Lipinski definition) is 2. The summed E-state index contributed by atoms with van der Waals surface area (Å²) in [4.78, 5) is 28.0. The minimum Gasteiger partial charge on any atom is -0.489 e. The van der Waals surface area contributed by atoms with E-state index in [1.54, 1.807) is 17.8 Å². The number of nitrogens with zero attached hydrogens (tertiary/aromatic N) is 4. The molecule has 2 aliphatic carbocycles. The van der Waals surface area contributed by atoms with Crippen molar-refractivity contribution in [3.05, 3.63) is 23.5 Å². The Bertz CT molecular complexity index is 1000. The molecule has 33 heavy (non-hydrogen) atoms. The third-order valence-corrected chi connectivity index (χ3v) is 6.59. The molecule has 2 fully saturated rings. The van der Waals surface area contributed by atoms with Gasteiger partial charge in [0.15, 0.2) is 0 Å². The zero-order chi connectivity index (χ0) is 23.4. The van der Waals surface area contributed by atoms with Crippen LogP contribution in [0.4, 0.5) is 4.79 Å². The van der Waals surface area contributed by atoms with Gasteiger partial charge < -0.3 is 19.9 Å². The predicted octanol–water partition coefficient (Wildman–Crippen LogP) is 3.23. The van der Waals surface area contributed by atoms with Crippen LogP contribution >= 0.6 is 0 Å². The Morgan fingerprint density at radius 2 is 2.00 bits per heavy atom. The van der Waals surface area contributed by atoms with Crippen LogP contribution in [-0.4, -0.2) is 49.8 Å². The summed E-state index contributed by atoms with van der Waals surface area (Å²) in [5.41, 5.74) is 2.47. The quantitative estimate of drug-likeness (QED) is 0.618. The molecule has 178 valence electrons. The molecule has 2 saturated carbocycles. The van der Waals surface area contributed by atoms with Gasteiger partial charge in [0.2, 0.25) is 0 Å². The number of rotatable bonds is 8. The molecular weight excluding hydrogens is 426 g/mol. The smallest absolute Gasteiger partial charge is 0.407 e. The van der Waals surface area contributed by atoms with Crippen molar-refractivity contribution in [1.29, 1.82) is 0 Å². The van der Waals surface area contributed by atoms with E-state index in [2.05, 4.69) is 20.6 Å². The number of carboxylic acid groups (broad SMARTS) is 1. The van der Waals surface area contributed by atoms with Crippen LogP contribution < -0.4 is 10.1 Å². The number of pyridine rings is 1. The lowest BCUT2D eigenvalue weighted by Crippen LogP contribution is -2.32. The highest BCUT2D eigenvalue weighted by atomic mass is 16.5. The molecule has 0 saturated heterocycles. The fourth-order valence-electron chi connectivity index (χ4n) is 4.31. The van der Waals surface area contributed by atoms with E-state index < -0.39 is 12.1 Å². The topological polar surface area (TPSA) is 128 Å². The minimum absolute atomic E-state index is 0.0347. The summed E-state index contributed by atoms with van der Waals surface area (Å²) in [6.45, 7) is 2.52. The number of alkyl carbamates (subject to hydrolysis) is 1. The second-order valence-electron chi connectivity index (χ2n) is 8.98. The van der Waals surface area contributed by atoms with Crippen LogP contribution in [0.2, 0.25) is 0 Å². The summed E-state index contributed by atoms with van der Waals surface area (Å²) in [5, 5.41) is 20.4. The Balaban J connectivity index is 1.39. The number of carbonyl (C=O) groups excluding carboxylic acids is 1. The third-order valence-electron chi connectivity index (χ3n) is 6.59. The molecule has 1 amide bonds. The maximum absolute atomic E-state index is 12.0. The molecule has 10 heteroatoms. The Morgan fingerprint density at radius 3 is 2.70 bits per heavy atom. The van der Waals surface area contributed by atoms with Gasteiger partial charge in [0.05, 0.1) is 23.4 Å². The first-order valence-electron chi connectivity index (χ1n) is 11.6. The Hall–Kier alpha value is -3.17. The van der Waals surface area contributed by atoms with Crippen LogP contribution in [0.5, 0.6) is 5.75 Å². The maximum Gasteiger partial charge on any atom is 0.407 e. The third kappa shape index (κ3) is 5.61. The van der Waals surface area contributed by atoms with E-state index in [1.807, 2.05) is 13.0 Å². The summed E-state index contributed by atoms with van der Waals surface area (Å²) in [7, 11) is 1.74. The summed E-state index contributed by atoms with van der Waals surface area (Å²) < 4.78 is 13.0. The number of carbonyl (C=O) groups is 2. The fraction of sp³-hybridized carbons (Fsp3) is 0.609. The zero-order valence-corrected chi connectivity index (χ0v) is 19.1. The van der Waals surface area contributed by atoms with Gasteiger partial charge in [0.1, 0.15) is 23.7 Å². The number of aryl methyl sites for hydroxylation is 2. The van der Waals surface area contributed by atoms with Crippen LogP contribution in [-0.2, 0) is 23.2 Å². The highest BCUT2D eigenvalue weighted by Gasteiger charge is 2.28. The van der Waals surface area contributed by atoms with Gasteiger partial charge in [-0.2, -0.15) is 0 Å². The summed E-state index contributed by atoms with van der Waals surface area (Å²) in [6.07, 6.45) is 5.82. The van der Waals surface area contributed by atoms with Crippen molar-refractivity contribution in [3.63, 3.8) is 0 Å². The largest absolute Gasteiger partial charge is 0.489 e. The fourth-order valence-corrected chi connectivity index (χ4v) is 4.31. The van der Waals surface area contributed by atoms with Crippen molar-refractivity contribution >= 4 is 12.1 Å². The SMILES string of the molecule is Cc1nc(-c2nnn(C)c2COC(=O)NCC2CCC2)ccc1O[C@H]1CCC[C@H](C(=O)O)C1. The summed E-state index contributed by atoms with van der Waals surface area (Å²) >= 11 is 0. The second-order valence-corrected chi connectivity index (χ2v) is 8.98. The second kappa shape index (κ2) is 10.2. The average molecular weight is 458 g/mol. The first-order valence-corrected chi connectivity index (χ1v) is 11.6. The number of nitrogens with one attached hydrogen (secondary N) is 1. The van der Waals surface area contributed by atoms with E-state index in [4.69, 9.17) is 9.47 Å². The lowest BCUT2D eigenvalue weighted by atomic mass is 9.85. The molecule has 0 bridgehead atoms. The number of amides is 1. The maximum atomic E-state index is 12.0. The normalized spacial score (nSPS) is 20.7. The van der Waals surface area contributed by atoms with Gasteiger partial charge >= 0.3 is 12.1 Å². The van der Waals surface area contributed by atoms with Gasteiger partial charge in [0, 0.05) is 13.6 Å². The number of aliphatic carboxylic acids is 1. The Labute approximate surface area is 192 Å². The lowest BCUT2D eigenvalue weighted by Gasteiger charge is -2.27. The first-order chi connectivity index (χ1) is 15.9. The first kappa shape index (κ1) is 23.0. The van der Waals surface area contributed by atoms with Gasteiger partial charge in [0.25, 0.3) is 0 Å². The van der Waals surface area contributed by atoms with Gasteiger partial charge in [-0.3, -0.25) is 4.79 Å². The number of hydrogen-bond acceptors (Lipinski definition) is 7. The molecule has 2 aromatic rings. The van der Waals surface area contributed by atoms with Crippen LogP contribution in [0.15, 0.2) is 12.1 Å². The molecule has 2 aromatic heterocycles. The van der Waals surface area contributed by atoms with E-state index in [0.717, 1.165) is 25.7 Å². The molecule has 2 N–H and O–H groups in total. The van der Waals surface area contributed by atoms with Crippen molar-refractivity contribution in [3.8, 4) is 17.1 Å². The molecule has 0 aliphatic heterocycles. The minimum atomic E-state index is -0.761. The number of aromatic nitrogens is 4. The van der Waals surface area contributed by atoms with Gasteiger partial charge in [-0.15, -0.1) is 5.10 Å². The van der Waals surface area contributed by atoms with Gasteiger partial charge in [-0.1, -0.05) is 11.6 Å². The summed E-state index contributed by atoms with van der Waals surface area (Å²) in [6, 6.07) is 3.62. The average Bonchev–Trinajstić information content (AvgIpc) is 3.13. The molecule has 2 aliphatic rings. The van der Waals surface area contributed by atoms with Gasteiger partial charge in [-0.25, -0.2) is 14.5 Å². The van der Waals surface area contributed by atoms with Crippen molar-refractivity contribution in [2.24, 2.45) is 18.9 Å². The zero-order valence-electron chi connectivity index (χ0n) is 19.1. The monoisotopic (exact) mass is 457 g/mol. The molecule has 4 rings (SSSR count). The molecule has 0 aromatic carbocycles. The van der Waals surface area contributed by atoms with E-state index in [-0.39, 0.29) is 18.6 Å². The molecule has 0 unspecified atom stereocenters. The lowest BCUT2D eigenvalue weighted by molar-refractivity contribution is -0.143. The highest BCUT2D eigenvalue weighted by molar-refractivity contribution is 5.70. The van der Waals surface area contributed by atoms with Crippen molar-refractivity contribution in [2.75, 3.05) is 6.54 Å². The number of carboxylic acids is 1. The molecule has 0 radical (unpaired) electrons. The van der Waals surface area contributed by atoms with E-state index in [1.165, 1.54) is 6.42 Å². The van der Waals surface area contributed by atoms with E-state index in [0.29, 0.717) is 53.8 Å². The van der Waals surface area contributed by atoms with Crippen LogP contribution in [0.3, 0.4) is 0 Å². The van der Waals surface area contributed by atoms with Crippen molar-refractivity contribution < 1.29 is 24.2 Å². The molecule has 2 heterocycles. The molecule has 10 nitrogen and oxygen atoms in total. The van der Waals surface area contributed by atoms with Crippen molar-refractivity contribution in [2.45, 2.75) is 64.6 Å². The van der Waals surface area contributed by atoms with Crippen LogP contribution in [0.1, 0.15) is 56.3 Å². The van der Waals surface area contributed by atoms with Gasteiger partial charge in [-0.05, 0) is 63.5 Å². The molecular formula is C23H31N5O5. The number of ether oxygens (including phenoxy) is 2. The predicted molar refractivity (Wildman–Crippen MR) is 119 cm³/mol. The molecule has 2 atom stereocenters. The molecule has 0 spiro atoms. The van der Waals surface area contributed by atoms with Crippen molar-refractivity contribution in [1.82, 2.24) is 25.3 Å². The van der Waals surface area contributed by atoms with Crippen LogP contribution in [0, 0.1) is 18.8 Å².